The highest BCUT2D eigenvalue weighted by Gasteiger charge is 2.13. The van der Waals surface area contributed by atoms with Crippen LogP contribution in [0.5, 0.6) is 0 Å². The van der Waals surface area contributed by atoms with E-state index in [-0.39, 0.29) is 16.2 Å². The average molecular weight is 283 g/mol. The molecule has 92 valence electrons. The van der Waals surface area contributed by atoms with Crippen LogP contribution in [0.4, 0.5) is 4.39 Å². The summed E-state index contributed by atoms with van der Waals surface area (Å²) in [5.41, 5.74) is 0.208. The molecule has 2 rings (SSSR count). The first kappa shape index (κ1) is 12.8. The number of thiophene rings is 1. The maximum Gasteiger partial charge on any atom is 0.337 e. The molecule has 0 fully saturated rings. The summed E-state index contributed by atoms with van der Waals surface area (Å²) >= 11 is 6.94. The van der Waals surface area contributed by atoms with E-state index >= 15 is 0 Å². The third-order valence-corrected chi connectivity index (χ3v) is 3.49. The van der Waals surface area contributed by atoms with Crippen molar-refractivity contribution >= 4 is 40.6 Å². The van der Waals surface area contributed by atoms with Gasteiger partial charge in [0, 0.05) is 10.4 Å². The summed E-state index contributed by atoms with van der Waals surface area (Å²) in [5.74, 6) is -1.72. The van der Waals surface area contributed by atoms with E-state index in [9.17, 15) is 9.18 Å². The monoisotopic (exact) mass is 282 g/mol. The molecule has 0 radical (unpaired) electrons. The van der Waals surface area contributed by atoms with Crippen molar-refractivity contribution in [2.45, 2.75) is 0 Å². The molecule has 1 aromatic heterocycles. The van der Waals surface area contributed by atoms with E-state index in [2.05, 4.69) is 0 Å². The fraction of sp³-hybridized carbons (Fsp3) is 0. The number of carboxylic acids is 1. The predicted molar refractivity (Wildman–Crippen MR) is 71.2 cm³/mol. The molecule has 1 aromatic carbocycles. The lowest BCUT2D eigenvalue weighted by Gasteiger charge is -2.02. The largest absolute Gasteiger partial charge is 0.478 e. The van der Waals surface area contributed by atoms with E-state index < -0.39 is 11.8 Å². The van der Waals surface area contributed by atoms with E-state index in [4.69, 9.17) is 16.7 Å². The molecule has 0 saturated heterocycles. The Morgan fingerprint density at radius 2 is 2.11 bits per heavy atom. The van der Waals surface area contributed by atoms with Gasteiger partial charge in [-0.25, -0.2) is 9.18 Å². The molecule has 2 aromatic rings. The summed E-state index contributed by atoms with van der Waals surface area (Å²) in [4.78, 5) is 11.8. The zero-order valence-corrected chi connectivity index (χ0v) is 10.6. The Morgan fingerprint density at radius 1 is 1.33 bits per heavy atom. The van der Waals surface area contributed by atoms with Crippen molar-refractivity contribution < 1.29 is 14.3 Å². The second-order valence-electron chi connectivity index (χ2n) is 3.48. The first-order chi connectivity index (χ1) is 8.59. The summed E-state index contributed by atoms with van der Waals surface area (Å²) in [5, 5.41) is 10.9. The summed E-state index contributed by atoms with van der Waals surface area (Å²) in [6.45, 7) is 0. The molecule has 0 amide bonds. The highest BCUT2D eigenvalue weighted by atomic mass is 35.5. The van der Waals surface area contributed by atoms with Gasteiger partial charge in [0.1, 0.15) is 5.82 Å². The van der Waals surface area contributed by atoms with Gasteiger partial charge in [0.15, 0.2) is 0 Å². The summed E-state index contributed by atoms with van der Waals surface area (Å²) < 4.78 is 13.7. The first-order valence-electron chi connectivity index (χ1n) is 5.02. The lowest BCUT2D eigenvalue weighted by atomic mass is 10.1. The van der Waals surface area contributed by atoms with Crippen LogP contribution in [-0.2, 0) is 4.79 Å². The van der Waals surface area contributed by atoms with Crippen molar-refractivity contribution in [2.24, 2.45) is 0 Å². The quantitative estimate of drug-likeness (QED) is 0.858. The molecule has 0 aliphatic heterocycles. The predicted octanol–water partition coefficient (Wildman–Crippen LogP) is 4.17. The zero-order chi connectivity index (χ0) is 13.1. The number of carboxylic acid groups (broad SMARTS) is 1. The highest BCUT2D eigenvalue weighted by molar-refractivity contribution is 7.11. The van der Waals surface area contributed by atoms with Crippen LogP contribution in [0.1, 0.15) is 10.4 Å². The zero-order valence-electron chi connectivity index (χ0n) is 9.06. The topological polar surface area (TPSA) is 37.3 Å². The Hall–Kier alpha value is -1.65. The minimum Gasteiger partial charge on any atom is -0.478 e. The van der Waals surface area contributed by atoms with Crippen molar-refractivity contribution in [2.75, 3.05) is 0 Å². The number of hydrogen-bond acceptors (Lipinski definition) is 2. The highest BCUT2D eigenvalue weighted by Crippen LogP contribution is 2.26. The lowest BCUT2D eigenvalue weighted by molar-refractivity contribution is -0.130. The number of halogens is 2. The van der Waals surface area contributed by atoms with Gasteiger partial charge in [-0.15, -0.1) is 11.3 Å². The Bertz CT molecular complexity index is 605. The van der Waals surface area contributed by atoms with E-state index in [1.165, 1.54) is 29.5 Å². The number of benzene rings is 1. The molecule has 5 heteroatoms. The van der Waals surface area contributed by atoms with Crippen LogP contribution in [0, 0.1) is 5.82 Å². The lowest BCUT2D eigenvalue weighted by Crippen LogP contribution is -1.98. The molecule has 1 heterocycles. The van der Waals surface area contributed by atoms with Crippen LogP contribution in [0.15, 0.2) is 35.7 Å². The second kappa shape index (κ2) is 5.33. The fourth-order valence-electron chi connectivity index (χ4n) is 1.46. The van der Waals surface area contributed by atoms with Crippen LogP contribution in [-0.4, -0.2) is 11.1 Å². The van der Waals surface area contributed by atoms with E-state index in [0.717, 1.165) is 0 Å². The summed E-state index contributed by atoms with van der Waals surface area (Å²) in [6.07, 6.45) is 1.29. The van der Waals surface area contributed by atoms with Crippen molar-refractivity contribution in [3.8, 4) is 0 Å². The Kier molecular flexibility index (Phi) is 3.79. The molecule has 0 atom stereocenters. The van der Waals surface area contributed by atoms with E-state index in [1.807, 2.05) is 0 Å². The van der Waals surface area contributed by atoms with Gasteiger partial charge in [-0.1, -0.05) is 29.8 Å². The van der Waals surface area contributed by atoms with Gasteiger partial charge < -0.3 is 5.11 Å². The normalized spacial score (nSPS) is 11.6. The molecule has 1 N–H and O–H groups in total. The molecular weight excluding hydrogens is 275 g/mol. The van der Waals surface area contributed by atoms with Gasteiger partial charge >= 0.3 is 5.97 Å². The number of rotatable bonds is 3. The third-order valence-electron chi connectivity index (χ3n) is 2.30. The second-order valence-corrected chi connectivity index (χ2v) is 4.84. The maximum atomic E-state index is 13.7. The van der Waals surface area contributed by atoms with Gasteiger partial charge in [0.05, 0.1) is 10.6 Å². The number of hydrogen-bond donors (Lipinski definition) is 1. The van der Waals surface area contributed by atoms with Gasteiger partial charge in [0.2, 0.25) is 0 Å². The van der Waals surface area contributed by atoms with Crippen LogP contribution in [0.25, 0.3) is 11.6 Å². The Balaban J connectivity index is 2.52. The maximum absolute atomic E-state index is 13.7. The molecule has 0 aliphatic rings. The SMILES string of the molecule is O=C(O)/C(=C/c1cccc(Cl)c1F)c1cccs1. The van der Waals surface area contributed by atoms with Crippen LogP contribution in [0.3, 0.4) is 0 Å². The van der Waals surface area contributed by atoms with Crippen LogP contribution >= 0.6 is 22.9 Å². The average Bonchev–Trinajstić information content (AvgIpc) is 2.84. The van der Waals surface area contributed by atoms with Gasteiger partial charge in [-0.2, -0.15) is 0 Å². The molecule has 2 nitrogen and oxygen atoms in total. The molecule has 0 unspecified atom stereocenters. The summed E-state index contributed by atoms with van der Waals surface area (Å²) in [6, 6.07) is 7.89. The number of carbonyl (C=O) groups is 1. The molecular formula is C13H8ClFO2S. The molecule has 0 spiro atoms. The van der Waals surface area contributed by atoms with Crippen molar-refractivity contribution in [3.05, 3.63) is 57.0 Å². The standard InChI is InChI=1S/C13H8ClFO2S/c14-10-4-1-3-8(12(10)15)7-9(13(16)17)11-5-2-6-18-11/h1-7H,(H,16,17)/b9-7+. The van der Waals surface area contributed by atoms with Crippen LogP contribution < -0.4 is 0 Å². The molecule has 0 aliphatic carbocycles. The fourth-order valence-corrected chi connectivity index (χ4v) is 2.37. The smallest absolute Gasteiger partial charge is 0.337 e. The summed E-state index contributed by atoms with van der Waals surface area (Å²) in [7, 11) is 0. The first-order valence-corrected chi connectivity index (χ1v) is 6.28. The Morgan fingerprint density at radius 3 is 2.72 bits per heavy atom. The van der Waals surface area contributed by atoms with Crippen LogP contribution in [0.2, 0.25) is 5.02 Å². The minimum absolute atomic E-state index is 0.0281. The molecule has 0 bridgehead atoms. The van der Waals surface area contributed by atoms with Crippen molar-refractivity contribution in [1.82, 2.24) is 0 Å². The molecule has 0 saturated carbocycles. The van der Waals surface area contributed by atoms with Gasteiger partial charge in [-0.05, 0) is 23.6 Å². The van der Waals surface area contributed by atoms with Crippen molar-refractivity contribution in [1.29, 1.82) is 0 Å². The van der Waals surface area contributed by atoms with E-state index in [0.29, 0.717) is 4.88 Å². The Labute approximate surface area is 112 Å². The van der Waals surface area contributed by atoms with Gasteiger partial charge in [-0.3, -0.25) is 0 Å². The number of aliphatic carboxylic acids is 1. The third kappa shape index (κ3) is 2.60. The van der Waals surface area contributed by atoms with Crippen molar-refractivity contribution in [3.63, 3.8) is 0 Å². The minimum atomic E-state index is -1.10. The molecule has 18 heavy (non-hydrogen) atoms. The van der Waals surface area contributed by atoms with E-state index in [1.54, 1.807) is 23.6 Å². The van der Waals surface area contributed by atoms with Gasteiger partial charge in [0.25, 0.3) is 0 Å².